The maximum Gasteiger partial charge on any atom is 0.240 e. The Morgan fingerprint density at radius 3 is 2.38 bits per heavy atom. The number of ether oxygens (including phenoxy) is 1. The minimum absolute atomic E-state index is 0.221. The van der Waals surface area contributed by atoms with Crippen LogP contribution in [-0.4, -0.2) is 26.6 Å². The van der Waals surface area contributed by atoms with Crippen LogP contribution in [0, 0.1) is 22.9 Å². The van der Waals surface area contributed by atoms with Crippen molar-refractivity contribution < 1.29 is 27.5 Å². The molecule has 4 aromatic rings. The third-order valence-electron chi connectivity index (χ3n) is 5.95. The van der Waals surface area contributed by atoms with Crippen molar-refractivity contribution >= 4 is 23.2 Å². The summed E-state index contributed by atoms with van der Waals surface area (Å²) in [5.41, 5.74) is -0.292. The molecule has 1 saturated carbocycles. The Hall–Kier alpha value is -4.67. The summed E-state index contributed by atoms with van der Waals surface area (Å²) in [5, 5.41) is 8.93. The number of benzene rings is 2. The topological polar surface area (TPSA) is 98.1 Å². The van der Waals surface area contributed by atoms with Crippen LogP contribution in [0.5, 0.6) is 11.5 Å². The van der Waals surface area contributed by atoms with Gasteiger partial charge < -0.3 is 15.4 Å². The molecule has 37 heavy (non-hydrogen) atoms. The summed E-state index contributed by atoms with van der Waals surface area (Å²) in [5.74, 6) is -3.89. The summed E-state index contributed by atoms with van der Waals surface area (Å²) < 4.78 is 49.8. The molecule has 2 aromatic carbocycles. The van der Waals surface area contributed by atoms with Gasteiger partial charge in [0.2, 0.25) is 11.8 Å². The second-order valence-corrected chi connectivity index (χ2v) is 8.64. The van der Waals surface area contributed by atoms with Crippen LogP contribution in [0.2, 0.25) is 0 Å². The van der Waals surface area contributed by atoms with Crippen LogP contribution in [0.1, 0.15) is 12.8 Å². The van der Waals surface area contributed by atoms with Gasteiger partial charge in [-0.3, -0.25) is 19.3 Å². The SMILES string of the molecule is Cn1cc(-c2cc(Oc3cc(F)c(NC(=O)C4(C(=O)Nc5ccc(F)cc5)CC4)cc3F)ccn2)cn1. The summed E-state index contributed by atoms with van der Waals surface area (Å²) in [7, 11) is 1.76. The molecular weight excluding hydrogens is 487 g/mol. The van der Waals surface area contributed by atoms with Crippen LogP contribution < -0.4 is 15.4 Å². The second-order valence-electron chi connectivity index (χ2n) is 8.64. The number of carbonyl (C=O) groups is 2. The van der Waals surface area contributed by atoms with Gasteiger partial charge in [0.05, 0.1) is 17.6 Å². The zero-order chi connectivity index (χ0) is 26.2. The molecule has 2 N–H and O–H groups in total. The lowest BCUT2D eigenvalue weighted by Gasteiger charge is -2.16. The first-order valence-electron chi connectivity index (χ1n) is 11.2. The Labute approximate surface area is 209 Å². The Balaban J connectivity index is 1.29. The van der Waals surface area contributed by atoms with Crippen molar-refractivity contribution in [3.8, 4) is 22.8 Å². The number of aromatic nitrogens is 3. The highest BCUT2D eigenvalue weighted by Crippen LogP contribution is 2.47. The van der Waals surface area contributed by atoms with E-state index >= 15 is 0 Å². The lowest BCUT2D eigenvalue weighted by molar-refractivity contribution is -0.131. The van der Waals surface area contributed by atoms with Crippen LogP contribution in [0.15, 0.2) is 67.1 Å². The van der Waals surface area contributed by atoms with Crippen molar-refractivity contribution in [3.05, 3.63) is 84.6 Å². The lowest BCUT2D eigenvalue weighted by atomic mass is 10.0. The molecule has 2 aromatic heterocycles. The number of amides is 2. The zero-order valence-corrected chi connectivity index (χ0v) is 19.5. The molecular formula is C26H20F3N5O3. The highest BCUT2D eigenvalue weighted by atomic mass is 19.1. The Kier molecular flexibility index (Phi) is 6.12. The zero-order valence-electron chi connectivity index (χ0n) is 19.5. The summed E-state index contributed by atoms with van der Waals surface area (Å²) in [6.07, 6.45) is 5.29. The van der Waals surface area contributed by atoms with Crippen LogP contribution in [0.3, 0.4) is 0 Å². The fourth-order valence-electron chi connectivity index (χ4n) is 3.72. The molecule has 1 aliphatic rings. The molecule has 0 aliphatic heterocycles. The van der Waals surface area contributed by atoms with Crippen LogP contribution in [0.4, 0.5) is 24.5 Å². The molecule has 0 saturated heterocycles. The van der Waals surface area contributed by atoms with E-state index in [1.54, 1.807) is 30.2 Å². The number of hydrogen-bond donors (Lipinski definition) is 2. The summed E-state index contributed by atoms with van der Waals surface area (Å²) in [6.45, 7) is 0. The smallest absolute Gasteiger partial charge is 0.240 e. The molecule has 5 rings (SSSR count). The molecule has 0 radical (unpaired) electrons. The molecule has 2 amide bonds. The number of pyridine rings is 1. The van der Waals surface area contributed by atoms with Crippen LogP contribution in [0.25, 0.3) is 11.3 Å². The number of halogens is 3. The summed E-state index contributed by atoms with van der Waals surface area (Å²) in [6, 6.07) is 9.71. The van der Waals surface area contributed by atoms with Crippen molar-refractivity contribution in [2.75, 3.05) is 10.6 Å². The van der Waals surface area contributed by atoms with E-state index in [0.717, 1.165) is 17.7 Å². The number of anilines is 2. The molecule has 1 fully saturated rings. The highest BCUT2D eigenvalue weighted by Gasteiger charge is 2.56. The third-order valence-corrected chi connectivity index (χ3v) is 5.95. The third kappa shape index (κ3) is 5.01. The lowest BCUT2D eigenvalue weighted by Crippen LogP contribution is -2.35. The Bertz CT molecular complexity index is 1500. The van der Waals surface area contributed by atoms with E-state index in [0.29, 0.717) is 11.4 Å². The minimum Gasteiger partial charge on any atom is -0.454 e. The van der Waals surface area contributed by atoms with E-state index in [2.05, 4.69) is 20.7 Å². The molecule has 11 heteroatoms. The number of rotatable bonds is 7. The highest BCUT2D eigenvalue weighted by molar-refractivity contribution is 6.16. The van der Waals surface area contributed by atoms with Crippen molar-refractivity contribution in [2.45, 2.75) is 12.8 Å². The molecule has 8 nitrogen and oxygen atoms in total. The maximum absolute atomic E-state index is 14.8. The van der Waals surface area contributed by atoms with Crippen molar-refractivity contribution in [1.82, 2.24) is 14.8 Å². The van der Waals surface area contributed by atoms with Gasteiger partial charge in [-0.25, -0.2) is 13.2 Å². The maximum atomic E-state index is 14.8. The average Bonchev–Trinajstić information content (AvgIpc) is 3.58. The summed E-state index contributed by atoms with van der Waals surface area (Å²) >= 11 is 0. The Morgan fingerprint density at radius 1 is 0.973 bits per heavy atom. The number of carbonyl (C=O) groups excluding carboxylic acids is 2. The van der Waals surface area contributed by atoms with Gasteiger partial charge in [0, 0.05) is 48.9 Å². The second kappa shape index (κ2) is 9.41. The fraction of sp³-hybridized carbons (Fsp3) is 0.154. The van der Waals surface area contributed by atoms with E-state index in [1.165, 1.54) is 36.5 Å². The van der Waals surface area contributed by atoms with Gasteiger partial charge in [-0.2, -0.15) is 5.10 Å². The van der Waals surface area contributed by atoms with E-state index < -0.39 is 46.1 Å². The van der Waals surface area contributed by atoms with Gasteiger partial charge in [-0.05, 0) is 43.2 Å². The van der Waals surface area contributed by atoms with Gasteiger partial charge in [-0.1, -0.05) is 0 Å². The molecule has 2 heterocycles. The van der Waals surface area contributed by atoms with Crippen molar-refractivity contribution in [2.24, 2.45) is 12.5 Å². The number of hydrogen-bond acceptors (Lipinski definition) is 5. The quantitative estimate of drug-likeness (QED) is 0.341. The normalized spacial score (nSPS) is 13.6. The van der Waals surface area contributed by atoms with Crippen molar-refractivity contribution in [3.63, 3.8) is 0 Å². The summed E-state index contributed by atoms with van der Waals surface area (Å²) in [4.78, 5) is 29.7. The largest absolute Gasteiger partial charge is 0.454 e. The van der Waals surface area contributed by atoms with Gasteiger partial charge in [0.1, 0.15) is 17.0 Å². The predicted molar refractivity (Wildman–Crippen MR) is 128 cm³/mol. The van der Waals surface area contributed by atoms with Gasteiger partial charge in [0.15, 0.2) is 17.4 Å². The van der Waals surface area contributed by atoms with E-state index in [-0.39, 0.29) is 18.6 Å². The first kappa shape index (κ1) is 24.0. The molecule has 0 bridgehead atoms. The monoisotopic (exact) mass is 507 g/mol. The number of nitrogens with zero attached hydrogens (tertiary/aromatic N) is 3. The van der Waals surface area contributed by atoms with Gasteiger partial charge >= 0.3 is 0 Å². The standard InChI is InChI=1S/C26H20F3N5O3/c1-34-14-15(13-31-34)21-10-18(6-9-30-21)37-23-12-19(28)22(11-20(23)29)33-25(36)26(7-8-26)24(35)32-17-4-2-16(27)3-5-17/h2-6,9-14H,7-8H2,1H3,(H,32,35)(H,33,36). The molecule has 0 atom stereocenters. The van der Waals surface area contributed by atoms with E-state index in [4.69, 9.17) is 4.74 Å². The number of aryl methyl sites for hydroxylation is 1. The van der Waals surface area contributed by atoms with Crippen LogP contribution >= 0.6 is 0 Å². The molecule has 0 unspecified atom stereocenters. The fourth-order valence-corrected chi connectivity index (χ4v) is 3.72. The van der Waals surface area contributed by atoms with E-state index in [1.807, 2.05) is 0 Å². The number of nitrogens with one attached hydrogen (secondary N) is 2. The average molecular weight is 507 g/mol. The minimum atomic E-state index is -1.42. The Morgan fingerprint density at radius 2 is 1.70 bits per heavy atom. The van der Waals surface area contributed by atoms with E-state index in [9.17, 15) is 22.8 Å². The molecule has 1 aliphatic carbocycles. The van der Waals surface area contributed by atoms with Gasteiger partial charge in [0.25, 0.3) is 0 Å². The van der Waals surface area contributed by atoms with Gasteiger partial charge in [-0.15, -0.1) is 0 Å². The molecule has 0 spiro atoms. The predicted octanol–water partition coefficient (Wildman–Crippen LogP) is 5.05. The first-order chi connectivity index (χ1) is 17.7. The van der Waals surface area contributed by atoms with Crippen molar-refractivity contribution in [1.29, 1.82) is 0 Å². The van der Waals surface area contributed by atoms with Crippen LogP contribution in [-0.2, 0) is 16.6 Å². The molecule has 188 valence electrons. The first-order valence-corrected chi connectivity index (χ1v) is 11.2.